The van der Waals surface area contributed by atoms with Crippen LogP contribution in [0.15, 0.2) is 24.3 Å². The summed E-state index contributed by atoms with van der Waals surface area (Å²) >= 11 is 0. The van der Waals surface area contributed by atoms with Gasteiger partial charge in [0.2, 0.25) is 0 Å². The van der Waals surface area contributed by atoms with Gasteiger partial charge in [-0.1, -0.05) is 6.07 Å². The number of hydrogen-bond acceptors (Lipinski definition) is 5. The molecule has 0 bridgehead atoms. The maximum atomic E-state index is 12.2. The molecule has 1 fully saturated rings. The zero-order valence-electron chi connectivity index (χ0n) is 11.0. The molecule has 1 amide bonds. The molecule has 1 aliphatic heterocycles. The van der Waals surface area contributed by atoms with Gasteiger partial charge in [-0.2, -0.15) is 12.7 Å². The summed E-state index contributed by atoms with van der Waals surface area (Å²) in [6.45, 7) is 0.606. The molecule has 114 valence electrons. The topological polar surface area (TPSA) is 127 Å². The van der Waals surface area contributed by atoms with E-state index in [0.29, 0.717) is 0 Å². The minimum absolute atomic E-state index is 0.111. The number of nitro benzene ring substituents is 1. The third-order valence-electron chi connectivity index (χ3n) is 3.19. The summed E-state index contributed by atoms with van der Waals surface area (Å²) in [6.07, 6.45) is 0. The second-order valence-corrected chi connectivity index (χ2v) is 6.09. The van der Waals surface area contributed by atoms with Crippen LogP contribution in [0.4, 0.5) is 5.69 Å². The van der Waals surface area contributed by atoms with Gasteiger partial charge in [0, 0.05) is 43.9 Å². The van der Waals surface area contributed by atoms with Crippen molar-refractivity contribution in [1.82, 2.24) is 9.21 Å². The second-order valence-electron chi connectivity index (χ2n) is 4.54. The summed E-state index contributed by atoms with van der Waals surface area (Å²) in [4.78, 5) is 23.8. The highest BCUT2D eigenvalue weighted by Gasteiger charge is 2.27. The number of carbonyl (C=O) groups is 1. The minimum Gasteiger partial charge on any atom is -0.336 e. The Morgan fingerprint density at radius 2 is 1.86 bits per heavy atom. The van der Waals surface area contributed by atoms with E-state index in [9.17, 15) is 23.3 Å². The van der Waals surface area contributed by atoms with Crippen molar-refractivity contribution in [3.8, 4) is 0 Å². The van der Waals surface area contributed by atoms with E-state index in [1.54, 1.807) is 0 Å². The van der Waals surface area contributed by atoms with Crippen molar-refractivity contribution in [2.24, 2.45) is 5.14 Å². The first-order chi connectivity index (χ1) is 9.79. The summed E-state index contributed by atoms with van der Waals surface area (Å²) < 4.78 is 23.4. The molecule has 2 N–H and O–H groups in total. The van der Waals surface area contributed by atoms with E-state index in [2.05, 4.69) is 0 Å². The van der Waals surface area contributed by atoms with Gasteiger partial charge in [-0.25, -0.2) is 5.14 Å². The summed E-state index contributed by atoms with van der Waals surface area (Å²) in [5, 5.41) is 15.7. The molecular weight excluding hydrogens is 300 g/mol. The molecule has 0 atom stereocenters. The van der Waals surface area contributed by atoms with E-state index in [0.717, 1.165) is 4.31 Å². The van der Waals surface area contributed by atoms with Crippen LogP contribution in [0.5, 0.6) is 0 Å². The van der Waals surface area contributed by atoms with E-state index in [-0.39, 0.29) is 43.3 Å². The molecule has 1 aromatic carbocycles. The zero-order valence-corrected chi connectivity index (χ0v) is 11.8. The van der Waals surface area contributed by atoms with Crippen molar-refractivity contribution in [3.05, 3.63) is 39.9 Å². The van der Waals surface area contributed by atoms with Crippen LogP contribution in [-0.4, -0.2) is 54.6 Å². The Labute approximate surface area is 121 Å². The molecule has 10 heteroatoms. The van der Waals surface area contributed by atoms with Crippen LogP contribution in [0, 0.1) is 10.1 Å². The molecule has 0 unspecified atom stereocenters. The molecule has 0 radical (unpaired) electrons. The highest BCUT2D eigenvalue weighted by molar-refractivity contribution is 7.86. The lowest BCUT2D eigenvalue weighted by Crippen LogP contribution is -2.52. The van der Waals surface area contributed by atoms with Gasteiger partial charge in [-0.05, 0) is 6.07 Å². The van der Waals surface area contributed by atoms with Gasteiger partial charge >= 0.3 is 0 Å². The largest absolute Gasteiger partial charge is 0.336 e. The first-order valence-corrected chi connectivity index (χ1v) is 7.61. The van der Waals surface area contributed by atoms with E-state index < -0.39 is 15.1 Å². The normalized spacial score (nSPS) is 16.7. The smallest absolute Gasteiger partial charge is 0.277 e. The van der Waals surface area contributed by atoms with Crippen molar-refractivity contribution in [3.63, 3.8) is 0 Å². The molecule has 1 saturated heterocycles. The molecule has 9 nitrogen and oxygen atoms in total. The Morgan fingerprint density at radius 3 is 2.38 bits per heavy atom. The van der Waals surface area contributed by atoms with Crippen molar-refractivity contribution in [2.45, 2.75) is 0 Å². The lowest BCUT2D eigenvalue weighted by molar-refractivity contribution is -0.384. The molecule has 1 aliphatic rings. The van der Waals surface area contributed by atoms with Crippen molar-refractivity contribution in [1.29, 1.82) is 0 Å². The molecule has 0 aliphatic carbocycles. The summed E-state index contributed by atoms with van der Waals surface area (Å²) in [6, 6.07) is 5.43. The first-order valence-electron chi connectivity index (χ1n) is 6.10. The number of nitrogens with two attached hydrogens (primary N) is 1. The van der Waals surface area contributed by atoms with Gasteiger partial charge in [-0.15, -0.1) is 0 Å². The maximum Gasteiger partial charge on any atom is 0.277 e. The third kappa shape index (κ3) is 3.54. The number of piperazine rings is 1. The van der Waals surface area contributed by atoms with Gasteiger partial charge in [0.1, 0.15) is 0 Å². The number of nitro groups is 1. The Bertz CT molecular complexity index is 667. The highest BCUT2D eigenvalue weighted by Crippen LogP contribution is 2.16. The number of benzene rings is 1. The van der Waals surface area contributed by atoms with Gasteiger partial charge in [0.25, 0.3) is 21.8 Å². The van der Waals surface area contributed by atoms with E-state index in [4.69, 9.17) is 5.14 Å². The fraction of sp³-hybridized carbons (Fsp3) is 0.364. The molecule has 2 rings (SSSR count). The first kappa shape index (κ1) is 15.4. The van der Waals surface area contributed by atoms with Crippen molar-refractivity contribution >= 4 is 21.8 Å². The lowest BCUT2D eigenvalue weighted by atomic mass is 10.1. The fourth-order valence-electron chi connectivity index (χ4n) is 2.08. The number of nitrogens with zero attached hydrogens (tertiary/aromatic N) is 3. The van der Waals surface area contributed by atoms with Crippen molar-refractivity contribution in [2.75, 3.05) is 26.2 Å². The number of rotatable bonds is 3. The standard InChI is InChI=1S/C11H14N4O5S/c12-21(19,20)14-6-4-13(5-7-14)11(16)9-2-1-3-10(8-9)15(17)18/h1-3,8H,4-7H2,(H2,12,19,20). The Morgan fingerprint density at radius 1 is 1.24 bits per heavy atom. The summed E-state index contributed by atoms with van der Waals surface area (Å²) in [5.41, 5.74) is 0.0391. The van der Waals surface area contributed by atoms with Gasteiger partial charge in [0.15, 0.2) is 0 Å². The van der Waals surface area contributed by atoms with Crippen LogP contribution in [0.25, 0.3) is 0 Å². The molecule has 1 aromatic rings. The second kappa shape index (κ2) is 5.76. The average molecular weight is 314 g/mol. The lowest BCUT2D eigenvalue weighted by Gasteiger charge is -2.32. The molecule has 21 heavy (non-hydrogen) atoms. The molecule has 1 heterocycles. The summed E-state index contributed by atoms with van der Waals surface area (Å²) in [5.74, 6) is -0.368. The van der Waals surface area contributed by atoms with Crippen LogP contribution in [-0.2, 0) is 10.2 Å². The van der Waals surface area contributed by atoms with Gasteiger partial charge < -0.3 is 4.90 Å². The zero-order chi connectivity index (χ0) is 15.6. The average Bonchev–Trinajstić information content (AvgIpc) is 2.46. The predicted octanol–water partition coefficient (Wildman–Crippen LogP) is -0.444. The molecule has 0 saturated carbocycles. The fourth-order valence-corrected chi connectivity index (χ4v) is 2.75. The minimum atomic E-state index is -3.75. The predicted molar refractivity (Wildman–Crippen MR) is 73.7 cm³/mol. The maximum absolute atomic E-state index is 12.2. The number of non-ortho nitro benzene ring substituents is 1. The molecular formula is C11H14N4O5S. The Kier molecular flexibility index (Phi) is 4.21. The molecule has 0 aromatic heterocycles. The molecule has 0 spiro atoms. The van der Waals surface area contributed by atoms with Crippen LogP contribution in [0.2, 0.25) is 0 Å². The van der Waals surface area contributed by atoms with E-state index in [1.165, 1.54) is 29.2 Å². The number of hydrogen-bond donors (Lipinski definition) is 1. The number of amides is 1. The van der Waals surface area contributed by atoms with Crippen LogP contribution in [0.3, 0.4) is 0 Å². The SMILES string of the molecule is NS(=O)(=O)N1CCN(C(=O)c2cccc([N+](=O)[O-])c2)CC1. The third-order valence-corrected chi connectivity index (χ3v) is 4.27. The van der Waals surface area contributed by atoms with Crippen LogP contribution < -0.4 is 5.14 Å². The quantitative estimate of drug-likeness (QED) is 0.597. The Hall–Kier alpha value is -2.04. The van der Waals surface area contributed by atoms with Crippen LogP contribution in [0.1, 0.15) is 10.4 Å². The van der Waals surface area contributed by atoms with Gasteiger partial charge in [0.05, 0.1) is 4.92 Å². The van der Waals surface area contributed by atoms with E-state index >= 15 is 0 Å². The Balaban J connectivity index is 2.09. The van der Waals surface area contributed by atoms with Crippen molar-refractivity contribution < 1.29 is 18.1 Å². The van der Waals surface area contributed by atoms with Crippen LogP contribution >= 0.6 is 0 Å². The highest BCUT2D eigenvalue weighted by atomic mass is 32.2. The monoisotopic (exact) mass is 314 g/mol. The van der Waals surface area contributed by atoms with E-state index in [1.807, 2.05) is 0 Å². The number of carbonyl (C=O) groups excluding carboxylic acids is 1. The van der Waals surface area contributed by atoms with Gasteiger partial charge in [-0.3, -0.25) is 14.9 Å². The summed E-state index contributed by atoms with van der Waals surface area (Å²) in [7, 11) is -3.75.